The van der Waals surface area contributed by atoms with Gasteiger partial charge in [0.1, 0.15) is 0 Å². The second-order valence-electron chi connectivity index (χ2n) is 6.24. The van der Waals surface area contributed by atoms with E-state index in [1.165, 1.54) is 5.56 Å². The van der Waals surface area contributed by atoms with Crippen LogP contribution in [0.1, 0.15) is 40.0 Å². The van der Waals surface area contributed by atoms with E-state index in [1.807, 2.05) is 49.4 Å². The molecule has 1 atom stereocenters. The van der Waals surface area contributed by atoms with Crippen LogP contribution < -0.4 is 10.6 Å². The van der Waals surface area contributed by atoms with Crippen molar-refractivity contribution in [2.75, 3.05) is 5.32 Å². The van der Waals surface area contributed by atoms with E-state index in [0.717, 1.165) is 11.1 Å². The molecule has 3 rings (SSSR count). The standard InChI is InChI=1S/C21H22N4O/c1-15-7-6-8-17(11-15)12-22-21-23-13-19(14-24-21)20(26)25-16(2)18-9-4-3-5-10-18/h3-11,13-14,16H,12H2,1-2H3,(H,25,26)(H,22,23,24). The summed E-state index contributed by atoms with van der Waals surface area (Å²) in [4.78, 5) is 20.8. The van der Waals surface area contributed by atoms with Crippen molar-refractivity contribution in [3.63, 3.8) is 0 Å². The van der Waals surface area contributed by atoms with E-state index in [-0.39, 0.29) is 11.9 Å². The number of hydrogen-bond acceptors (Lipinski definition) is 4. The van der Waals surface area contributed by atoms with Gasteiger partial charge in [0, 0.05) is 18.9 Å². The molecule has 0 fully saturated rings. The van der Waals surface area contributed by atoms with E-state index < -0.39 is 0 Å². The Balaban J connectivity index is 1.57. The van der Waals surface area contributed by atoms with Crippen molar-refractivity contribution >= 4 is 11.9 Å². The Morgan fingerprint density at radius 2 is 1.77 bits per heavy atom. The lowest BCUT2D eigenvalue weighted by Crippen LogP contribution is -2.26. The second-order valence-corrected chi connectivity index (χ2v) is 6.24. The second kappa shape index (κ2) is 8.25. The van der Waals surface area contributed by atoms with Crippen LogP contribution in [0.3, 0.4) is 0 Å². The first-order valence-corrected chi connectivity index (χ1v) is 8.59. The minimum Gasteiger partial charge on any atom is -0.350 e. The van der Waals surface area contributed by atoms with Gasteiger partial charge >= 0.3 is 0 Å². The van der Waals surface area contributed by atoms with Gasteiger partial charge in [-0.05, 0) is 25.0 Å². The largest absolute Gasteiger partial charge is 0.350 e. The topological polar surface area (TPSA) is 66.9 Å². The molecule has 2 aromatic carbocycles. The summed E-state index contributed by atoms with van der Waals surface area (Å²) in [7, 11) is 0. The number of aryl methyl sites for hydroxylation is 1. The van der Waals surface area contributed by atoms with E-state index in [1.54, 1.807) is 12.4 Å². The van der Waals surface area contributed by atoms with Gasteiger partial charge in [-0.3, -0.25) is 4.79 Å². The van der Waals surface area contributed by atoms with Crippen LogP contribution in [0, 0.1) is 6.92 Å². The van der Waals surface area contributed by atoms with Crippen molar-refractivity contribution in [2.24, 2.45) is 0 Å². The number of nitrogens with one attached hydrogen (secondary N) is 2. The zero-order valence-electron chi connectivity index (χ0n) is 14.9. The van der Waals surface area contributed by atoms with Crippen molar-refractivity contribution in [3.05, 3.63) is 89.2 Å². The minimum atomic E-state index is -0.188. The summed E-state index contributed by atoms with van der Waals surface area (Å²) in [6.45, 7) is 4.65. The molecule has 0 aliphatic heterocycles. The lowest BCUT2D eigenvalue weighted by atomic mass is 10.1. The number of carbonyl (C=O) groups is 1. The molecule has 1 amide bonds. The van der Waals surface area contributed by atoms with Crippen LogP contribution in [0.15, 0.2) is 67.0 Å². The van der Waals surface area contributed by atoms with E-state index in [0.29, 0.717) is 18.1 Å². The van der Waals surface area contributed by atoms with E-state index in [9.17, 15) is 4.79 Å². The van der Waals surface area contributed by atoms with Gasteiger partial charge in [-0.2, -0.15) is 0 Å². The Morgan fingerprint density at radius 3 is 2.46 bits per heavy atom. The Labute approximate surface area is 153 Å². The van der Waals surface area contributed by atoms with Gasteiger partial charge in [0.15, 0.2) is 0 Å². The van der Waals surface area contributed by atoms with Gasteiger partial charge in [-0.1, -0.05) is 60.2 Å². The summed E-state index contributed by atoms with van der Waals surface area (Å²) in [5, 5.41) is 6.12. The Hall–Kier alpha value is -3.21. The lowest BCUT2D eigenvalue weighted by molar-refractivity contribution is 0.0939. The average Bonchev–Trinajstić information content (AvgIpc) is 2.67. The van der Waals surface area contributed by atoms with Crippen LogP contribution in [0.5, 0.6) is 0 Å². The molecule has 5 nitrogen and oxygen atoms in total. The smallest absolute Gasteiger partial charge is 0.254 e. The number of anilines is 1. The van der Waals surface area contributed by atoms with Gasteiger partial charge in [-0.15, -0.1) is 0 Å². The number of carbonyl (C=O) groups excluding carboxylic acids is 1. The molecule has 1 aromatic heterocycles. The molecule has 0 aliphatic rings. The molecule has 0 aliphatic carbocycles. The molecule has 5 heteroatoms. The van der Waals surface area contributed by atoms with Crippen LogP contribution >= 0.6 is 0 Å². The molecule has 132 valence electrons. The molecule has 1 unspecified atom stereocenters. The third-order valence-corrected chi connectivity index (χ3v) is 4.09. The maximum atomic E-state index is 12.3. The normalized spacial score (nSPS) is 11.6. The van der Waals surface area contributed by atoms with Gasteiger partial charge in [-0.25, -0.2) is 9.97 Å². The van der Waals surface area contributed by atoms with Gasteiger partial charge in [0.25, 0.3) is 5.91 Å². The molecule has 1 heterocycles. The van der Waals surface area contributed by atoms with Crippen molar-refractivity contribution in [1.82, 2.24) is 15.3 Å². The maximum Gasteiger partial charge on any atom is 0.254 e. The third kappa shape index (κ3) is 4.66. The van der Waals surface area contributed by atoms with Crippen molar-refractivity contribution in [2.45, 2.75) is 26.4 Å². The minimum absolute atomic E-state index is 0.0807. The highest BCUT2D eigenvalue weighted by Gasteiger charge is 2.12. The first-order chi connectivity index (χ1) is 12.6. The van der Waals surface area contributed by atoms with E-state index >= 15 is 0 Å². The van der Waals surface area contributed by atoms with Crippen molar-refractivity contribution < 1.29 is 4.79 Å². The number of aromatic nitrogens is 2. The zero-order chi connectivity index (χ0) is 18.4. The van der Waals surface area contributed by atoms with Gasteiger partial charge in [0.05, 0.1) is 11.6 Å². The molecular weight excluding hydrogens is 324 g/mol. The highest BCUT2D eigenvalue weighted by molar-refractivity contribution is 5.93. The maximum absolute atomic E-state index is 12.3. The third-order valence-electron chi connectivity index (χ3n) is 4.09. The molecule has 3 aromatic rings. The van der Waals surface area contributed by atoms with Crippen LogP contribution in [0.2, 0.25) is 0 Å². The van der Waals surface area contributed by atoms with Crippen molar-refractivity contribution in [1.29, 1.82) is 0 Å². The lowest BCUT2D eigenvalue weighted by Gasteiger charge is -2.14. The summed E-state index contributed by atoms with van der Waals surface area (Å²) in [6, 6.07) is 18.0. The predicted octanol–water partition coefficient (Wildman–Crippen LogP) is 3.89. The van der Waals surface area contributed by atoms with Crippen LogP contribution in [0.25, 0.3) is 0 Å². The molecule has 2 N–H and O–H groups in total. The summed E-state index contributed by atoms with van der Waals surface area (Å²) in [6.07, 6.45) is 3.08. The molecule has 26 heavy (non-hydrogen) atoms. The molecule has 0 saturated heterocycles. The number of nitrogens with zero attached hydrogens (tertiary/aromatic N) is 2. The SMILES string of the molecule is Cc1cccc(CNc2ncc(C(=O)NC(C)c3ccccc3)cn2)c1. The number of hydrogen-bond donors (Lipinski definition) is 2. The van der Waals surface area contributed by atoms with Gasteiger partial charge in [0.2, 0.25) is 5.95 Å². The summed E-state index contributed by atoms with van der Waals surface area (Å²) in [5.74, 6) is 0.311. The molecule has 0 radical (unpaired) electrons. The zero-order valence-corrected chi connectivity index (χ0v) is 14.9. The Kier molecular flexibility index (Phi) is 5.59. The number of amides is 1. The fraction of sp³-hybridized carbons (Fsp3) is 0.190. The first-order valence-electron chi connectivity index (χ1n) is 8.59. The fourth-order valence-corrected chi connectivity index (χ4v) is 2.64. The van der Waals surface area contributed by atoms with Crippen LogP contribution in [0.4, 0.5) is 5.95 Å². The Bertz CT molecular complexity index is 863. The van der Waals surface area contributed by atoms with Crippen LogP contribution in [-0.4, -0.2) is 15.9 Å². The summed E-state index contributed by atoms with van der Waals surface area (Å²) >= 11 is 0. The number of rotatable bonds is 6. The molecule has 0 bridgehead atoms. The highest BCUT2D eigenvalue weighted by Crippen LogP contribution is 2.12. The number of benzene rings is 2. The summed E-state index contributed by atoms with van der Waals surface area (Å²) < 4.78 is 0. The van der Waals surface area contributed by atoms with E-state index in [4.69, 9.17) is 0 Å². The van der Waals surface area contributed by atoms with Crippen LogP contribution in [-0.2, 0) is 6.54 Å². The fourth-order valence-electron chi connectivity index (χ4n) is 2.64. The first kappa shape index (κ1) is 17.6. The predicted molar refractivity (Wildman–Crippen MR) is 103 cm³/mol. The average molecular weight is 346 g/mol. The quantitative estimate of drug-likeness (QED) is 0.711. The molecule has 0 saturated carbocycles. The van der Waals surface area contributed by atoms with Gasteiger partial charge < -0.3 is 10.6 Å². The highest BCUT2D eigenvalue weighted by atomic mass is 16.1. The van der Waals surface area contributed by atoms with E-state index in [2.05, 4.69) is 39.7 Å². The van der Waals surface area contributed by atoms with Crippen molar-refractivity contribution in [3.8, 4) is 0 Å². The summed E-state index contributed by atoms with van der Waals surface area (Å²) in [5.41, 5.74) is 3.86. The Morgan fingerprint density at radius 1 is 1.04 bits per heavy atom. The molecular formula is C21H22N4O. The monoisotopic (exact) mass is 346 g/mol. The molecule has 0 spiro atoms.